The third kappa shape index (κ3) is 7.33. The van der Waals surface area contributed by atoms with Crippen LogP contribution in [0, 0.1) is 0 Å². The molecule has 1 aromatic carbocycles. The lowest BCUT2D eigenvalue weighted by Crippen LogP contribution is -2.25. The molecule has 5 nitrogen and oxygen atoms in total. The van der Waals surface area contributed by atoms with Crippen LogP contribution in [0.5, 0.6) is 5.75 Å². The summed E-state index contributed by atoms with van der Waals surface area (Å²) in [5.74, 6) is 0.784. The Kier molecular flexibility index (Phi) is 8.02. The number of ether oxygens (including phenoxy) is 3. The molecule has 0 saturated heterocycles. The molecule has 0 bridgehead atoms. The molecule has 1 unspecified atom stereocenters. The fraction of sp³-hybridized carbons (Fsp3) is 0.600. The Labute approximate surface area is 120 Å². The zero-order valence-corrected chi connectivity index (χ0v) is 12.5. The minimum absolute atomic E-state index is 0.207. The lowest BCUT2D eigenvalue weighted by atomic mass is 10.3. The molecular weight excluding hydrogens is 258 g/mol. The molecule has 0 aliphatic carbocycles. The molecule has 1 aromatic rings. The lowest BCUT2D eigenvalue weighted by molar-refractivity contribution is -0.00734. The maximum absolute atomic E-state index is 9.79. The predicted molar refractivity (Wildman–Crippen MR) is 79.4 cm³/mol. The summed E-state index contributed by atoms with van der Waals surface area (Å²) in [6, 6.07) is 7.57. The Balaban J connectivity index is 2.14. The van der Waals surface area contributed by atoms with Gasteiger partial charge in [-0.3, -0.25) is 0 Å². The number of hydrogen-bond donors (Lipinski definition) is 2. The molecule has 0 aliphatic rings. The minimum atomic E-state index is -0.555. The molecule has 0 heterocycles. The summed E-state index contributed by atoms with van der Waals surface area (Å²) in [7, 11) is 1.63. The molecule has 5 heteroatoms. The third-order valence-corrected chi connectivity index (χ3v) is 2.60. The van der Waals surface area contributed by atoms with Crippen molar-refractivity contribution in [3.05, 3.63) is 24.3 Å². The van der Waals surface area contributed by atoms with Crippen LogP contribution in [-0.2, 0) is 9.47 Å². The Morgan fingerprint density at radius 3 is 2.75 bits per heavy atom. The molecule has 2 N–H and O–H groups in total. The summed E-state index contributed by atoms with van der Waals surface area (Å²) >= 11 is 0. The first-order valence-corrected chi connectivity index (χ1v) is 6.87. The quantitative estimate of drug-likeness (QED) is 0.642. The van der Waals surface area contributed by atoms with E-state index in [4.69, 9.17) is 14.2 Å². The van der Waals surface area contributed by atoms with Crippen molar-refractivity contribution in [2.75, 3.05) is 38.8 Å². The van der Waals surface area contributed by atoms with Crippen LogP contribution < -0.4 is 10.1 Å². The largest absolute Gasteiger partial charge is 0.497 e. The smallest absolute Gasteiger partial charge is 0.120 e. The number of rotatable bonds is 10. The molecule has 114 valence electrons. The van der Waals surface area contributed by atoms with Gasteiger partial charge in [0.1, 0.15) is 5.75 Å². The minimum Gasteiger partial charge on any atom is -0.497 e. The van der Waals surface area contributed by atoms with E-state index in [1.165, 1.54) is 0 Å². The Hall–Kier alpha value is -1.30. The molecule has 0 aromatic heterocycles. The van der Waals surface area contributed by atoms with Crippen molar-refractivity contribution in [1.29, 1.82) is 0 Å². The van der Waals surface area contributed by atoms with Gasteiger partial charge in [0.15, 0.2) is 0 Å². The molecule has 0 spiro atoms. The SMILES string of the molecule is COc1cccc(NCC(O)COCCOC(C)C)c1. The highest BCUT2D eigenvalue weighted by molar-refractivity contribution is 5.48. The zero-order chi connectivity index (χ0) is 14.8. The van der Waals surface area contributed by atoms with E-state index < -0.39 is 6.10 Å². The van der Waals surface area contributed by atoms with Gasteiger partial charge in [0.05, 0.1) is 39.1 Å². The van der Waals surface area contributed by atoms with Crippen LogP contribution in [0.4, 0.5) is 5.69 Å². The van der Waals surface area contributed by atoms with Crippen molar-refractivity contribution in [2.24, 2.45) is 0 Å². The maximum atomic E-state index is 9.79. The summed E-state index contributed by atoms with van der Waals surface area (Å²) in [6.07, 6.45) is -0.349. The molecule has 1 atom stereocenters. The molecule has 0 aliphatic heterocycles. The topological polar surface area (TPSA) is 60.0 Å². The van der Waals surface area contributed by atoms with Crippen LogP contribution in [0.3, 0.4) is 0 Å². The van der Waals surface area contributed by atoms with Gasteiger partial charge < -0.3 is 24.6 Å². The molecule has 20 heavy (non-hydrogen) atoms. The first-order chi connectivity index (χ1) is 9.61. The number of methoxy groups -OCH3 is 1. The zero-order valence-electron chi connectivity index (χ0n) is 12.5. The highest BCUT2D eigenvalue weighted by atomic mass is 16.5. The molecule has 0 saturated carbocycles. The summed E-state index contributed by atoms with van der Waals surface area (Å²) in [5, 5.41) is 12.9. The van der Waals surface area contributed by atoms with E-state index in [-0.39, 0.29) is 6.10 Å². The average Bonchev–Trinajstić information content (AvgIpc) is 2.44. The van der Waals surface area contributed by atoms with Crippen LogP contribution in [-0.4, -0.2) is 50.8 Å². The van der Waals surface area contributed by atoms with Crippen molar-refractivity contribution in [3.63, 3.8) is 0 Å². The van der Waals surface area contributed by atoms with Crippen molar-refractivity contribution in [3.8, 4) is 5.75 Å². The highest BCUT2D eigenvalue weighted by Crippen LogP contribution is 2.16. The second-order valence-electron chi connectivity index (χ2n) is 4.76. The molecule has 0 radical (unpaired) electrons. The normalized spacial score (nSPS) is 12.4. The molecule has 0 amide bonds. The molecule has 1 rings (SSSR count). The summed E-state index contributed by atoms with van der Waals surface area (Å²) in [6.45, 7) is 5.72. The standard InChI is InChI=1S/C15H25NO4/c1-12(2)20-8-7-19-11-14(17)10-16-13-5-4-6-15(9-13)18-3/h4-6,9,12,14,16-17H,7-8,10-11H2,1-3H3. The van der Waals surface area contributed by atoms with Crippen LogP contribution in [0.2, 0.25) is 0 Å². The number of benzene rings is 1. The van der Waals surface area contributed by atoms with Gasteiger partial charge in [-0.05, 0) is 26.0 Å². The van der Waals surface area contributed by atoms with Crippen molar-refractivity contribution >= 4 is 5.69 Å². The van der Waals surface area contributed by atoms with E-state index in [1.54, 1.807) is 7.11 Å². The number of hydrogen-bond acceptors (Lipinski definition) is 5. The second kappa shape index (κ2) is 9.58. The lowest BCUT2D eigenvalue weighted by Gasteiger charge is -2.14. The number of aliphatic hydroxyl groups excluding tert-OH is 1. The predicted octanol–water partition coefficient (Wildman–Crippen LogP) is 1.91. The van der Waals surface area contributed by atoms with Gasteiger partial charge in [-0.25, -0.2) is 0 Å². The Bertz CT molecular complexity index is 371. The van der Waals surface area contributed by atoms with E-state index in [1.807, 2.05) is 38.1 Å². The monoisotopic (exact) mass is 283 g/mol. The highest BCUT2D eigenvalue weighted by Gasteiger charge is 2.04. The van der Waals surface area contributed by atoms with Crippen molar-refractivity contribution in [2.45, 2.75) is 26.1 Å². The third-order valence-electron chi connectivity index (χ3n) is 2.60. The van der Waals surface area contributed by atoms with Crippen LogP contribution >= 0.6 is 0 Å². The van der Waals surface area contributed by atoms with Gasteiger partial charge in [-0.2, -0.15) is 0 Å². The number of nitrogens with one attached hydrogen (secondary N) is 1. The number of aliphatic hydroxyl groups is 1. The van der Waals surface area contributed by atoms with E-state index in [0.717, 1.165) is 11.4 Å². The summed E-state index contributed by atoms with van der Waals surface area (Å²) < 4.78 is 15.8. The summed E-state index contributed by atoms with van der Waals surface area (Å²) in [5.41, 5.74) is 0.909. The van der Waals surface area contributed by atoms with Crippen LogP contribution in [0.15, 0.2) is 24.3 Å². The Morgan fingerprint density at radius 1 is 1.25 bits per heavy atom. The van der Waals surface area contributed by atoms with Gasteiger partial charge in [0, 0.05) is 18.3 Å². The van der Waals surface area contributed by atoms with Crippen molar-refractivity contribution < 1.29 is 19.3 Å². The van der Waals surface area contributed by atoms with Crippen LogP contribution in [0.25, 0.3) is 0 Å². The van der Waals surface area contributed by atoms with Crippen LogP contribution in [0.1, 0.15) is 13.8 Å². The van der Waals surface area contributed by atoms with E-state index >= 15 is 0 Å². The second-order valence-corrected chi connectivity index (χ2v) is 4.76. The van der Waals surface area contributed by atoms with Gasteiger partial charge in [0.25, 0.3) is 0 Å². The fourth-order valence-electron chi connectivity index (χ4n) is 1.59. The first kappa shape index (κ1) is 16.8. The fourth-order valence-corrected chi connectivity index (χ4v) is 1.59. The van der Waals surface area contributed by atoms with E-state index in [0.29, 0.717) is 26.4 Å². The van der Waals surface area contributed by atoms with Gasteiger partial charge in [0.2, 0.25) is 0 Å². The van der Waals surface area contributed by atoms with Gasteiger partial charge in [-0.15, -0.1) is 0 Å². The molecule has 0 fully saturated rings. The van der Waals surface area contributed by atoms with Gasteiger partial charge >= 0.3 is 0 Å². The van der Waals surface area contributed by atoms with Crippen molar-refractivity contribution in [1.82, 2.24) is 0 Å². The van der Waals surface area contributed by atoms with E-state index in [9.17, 15) is 5.11 Å². The van der Waals surface area contributed by atoms with Gasteiger partial charge in [-0.1, -0.05) is 6.07 Å². The number of anilines is 1. The molecular formula is C15H25NO4. The van der Waals surface area contributed by atoms with E-state index in [2.05, 4.69) is 5.32 Å². The first-order valence-electron chi connectivity index (χ1n) is 6.87. The summed E-state index contributed by atoms with van der Waals surface area (Å²) in [4.78, 5) is 0. The average molecular weight is 283 g/mol. The Morgan fingerprint density at radius 2 is 2.05 bits per heavy atom. The maximum Gasteiger partial charge on any atom is 0.120 e.